The molecule has 0 radical (unpaired) electrons. The summed E-state index contributed by atoms with van der Waals surface area (Å²) in [5.74, 6) is -1.21. The smallest absolute Gasteiger partial charge is 0.404 e. The van der Waals surface area contributed by atoms with Crippen LogP contribution in [-0.2, 0) is 9.36 Å². The van der Waals surface area contributed by atoms with Gasteiger partial charge in [0.2, 0.25) is 6.17 Å². The quantitative estimate of drug-likeness (QED) is 0.529. The van der Waals surface area contributed by atoms with E-state index in [0.29, 0.717) is 6.54 Å². The van der Waals surface area contributed by atoms with Crippen LogP contribution >= 0.6 is 7.82 Å². The van der Waals surface area contributed by atoms with Crippen LogP contribution in [0.15, 0.2) is 24.3 Å². The molecule has 0 aromatic heterocycles. The molecule has 0 fully saturated rings. The van der Waals surface area contributed by atoms with E-state index in [0.717, 1.165) is 12.8 Å². The van der Waals surface area contributed by atoms with Gasteiger partial charge >= 0.3 is 7.82 Å². The molecule has 8 heteroatoms. The highest BCUT2D eigenvalue weighted by molar-refractivity contribution is 7.46. The van der Waals surface area contributed by atoms with Gasteiger partial charge in [0.1, 0.15) is 5.75 Å². The van der Waals surface area contributed by atoms with Crippen LogP contribution in [0.3, 0.4) is 0 Å². The van der Waals surface area contributed by atoms with Gasteiger partial charge in [-0.3, -0.25) is 14.6 Å². The van der Waals surface area contributed by atoms with E-state index in [1.54, 1.807) is 0 Å². The molecule has 112 valence electrons. The summed E-state index contributed by atoms with van der Waals surface area (Å²) in [6.07, 6.45) is -0.469. The van der Waals surface area contributed by atoms with E-state index >= 15 is 0 Å². The van der Waals surface area contributed by atoms with Crippen LogP contribution in [-0.4, -0.2) is 22.2 Å². The molecule has 0 saturated carbocycles. The molecule has 0 aliphatic heterocycles. The normalized spacial score (nSPS) is 12.8. The van der Waals surface area contributed by atoms with Crippen LogP contribution in [0.1, 0.15) is 31.5 Å². The van der Waals surface area contributed by atoms with E-state index in [9.17, 15) is 13.8 Å². The molecule has 0 aliphatic rings. The lowest BCUT2D eigenvalue weighted by Crippen LogP contribution is -2.28. The molecular weight excluding hydrogens is 288 g/mol. The minimum atomic E-state index is -4.81. The Morgan fingerprint density at radius 3 is 2.70 bits per heavy atom. The summed E-state index contributed by atoms with van der Waals surface area (Å²) in [4.78, 5) is 29.1. The van der Waals surface area contributed by atoms with Gasteiger partial charge in [-0.05, 0) is 12.5 Å². The fraction of sp³-hybridized carbons (Fsp3) is 0.417. The number of carbonyl (C=O) groups excluding carboxylic acids is 1. The number of halogens is 1. The van der Waals surface area contributed by atoms with Crippen LogP contribution in [0.5, 0.6) is 5.75 Å². The molecule has 1 unspecified atom stereocenters. The van der Waals surface area contributed by atoms with Crippen LogP contribution in [0.25, 0.3) is 0 Å². The first kappa shape index (κ1) is 16.6. The number of rotatable bonds is 7. The Bertz CT molecular complexity index is 504. The number of hydrogen-bond donors (Lipinski definition) is 3. The Labute approximate surface area is 116 Å². The zero-order valence-corrected chi connectivity index (χ0v) is 11.8. The molecule has 1 amide bonds. The molecule has 0 heterocycles. The number of nitrogens with one attached hydrogen (secondary N) is 1. The maximum Gasteiger partial charge on any atom is 0.524 e. The van der Waals surface area contributed by atoms with Crippen molar-refractivity contribution in [2.45, 2.75) is 25.9 Å². The number of carbonyl (C=O) groups is 1. The summed E-state index contributed by atoms with van der Waals surface area (Å²) < 4.78 is 29.2. The topological polar surface area (TPSA) is 95.9 Å². The monoisotopic (exact) mass is 305 g/mol. The standard InChI is InChI=1S/C12H17FNO5P/c1-2-3-8-14-12(15)11(13)9-6-4-5-7-10(9)19-20(16,17)18/h4-7,11H,2-3,8H2,1H3,(H,14,15)(H2,16,17,18). The molecule has 1 aromatic rings. The zero-order chi connectivity index (χ0) is 15.2. The second kappa shape index (κ2) is 7.38. The van der Waals surface area contributed by atoms with E-state index in [-0.39, 0.29) is 11.3 Å². The number of alkyl halides is 1. The first-order valence-electron chi connectivity index (χ1n) is 6.11. The van der Waals surface area contributed by atoms with Crippen molar-refractivity contribution < 1.29 is 28.1 Å². The van der Waals surface area contributed by atoms with Gasteiger partial charge in [-0.25, -0.2) is 8.96 Å². The molecule has 1 rings (SSSR count). The molecule has 3 N–H and O–H groups in total. The summed E-state index contributed by atoms with van der Waals surface area (Å²) >= 11 is 0. The van der Waals surface area contributed by atoms with Crippen molar-refractivity contribution in [3.63, 3.8) is 0 Å². The molecule has 0 bridgehead atoms. The lowest BCUT2D eigenvalue weighted by Gasteiger charge is -2.14. The van der Waals surface area contributed by atoms with Crippen molar-refractivity contribution in [2.24, 2.45) is 0 Å². The fourth-order valence-corrected chi connectivity index (χ4v) is 1.94. The van der Waals surface area contributed by atoms with Crippen molar-refractivity contribution in [3.8, 4) is 5.75 Å². The molecule has 1 aromatic carbocycles. The van der Waals surface area contributed by atoms with Crippen molar-refractivity contribution in [1.29, 1.82) is 0 Å². The van der Waals surface area contributed by atoms with Gasteiger partial charge in [0.05, 0.1) is 0 Å². The van der Waals surface area contributed by atoms with Gasteiger partial charge in [0.15, 0.2) is 0 Å². The van der Waals surface area contributed by atoms with Gasteiger partial charge in [-0.1, -0.05) is 31.5 Å². The summed E-state index contributed by atoms with van der Waals surface area (Å²) in [6, 6.07) is 5.32. The number of benzene rings is 1. The van der Waals surface area contributed by atoms with Crippen LogP contribution in [0.2, 0.25) is 0 Å². The minimum Gasteiger partial charge on any atom is -0.404 e. The number of phosphoric ester groups is 1. The lowest BCUT2D eigenvalue weighted by atomic mass is 10.1. The van der Waals surface area contributed by atoms with Gasteiger partial charge in [-0.15, -0.1) is 0 Å². The molecule has 6 nitrogen and oxygen atoms in total. The molecule has 0 saturated heterocycles. The molecule has 0 aliphatic carbocycles. The lowest BCUT2D eigenvalue weighted by molar-refractivity contribution is -0.126. The minimum absolute atomic E-state index is 0.218. The van der Waals surface area contributed by atoms with E-state index in [1.807, 2.05) is 6.92 Å². The molecule has 0 spiro atoms. The fourth-order valence-electron chi connectivity index (χ4n) is 1.52. The third kappa shape index (κ3) is 5.28. The summed E-state index contributed by atoms with van der Waals surface area (Å²) in [7, 11) is -4.81. The van der Waals surface area contributed by atoms with Gasteiger partial charge in [0.25, 0.3) is 5.91 Å². The third-order valence-electron chi connectivity index (χ3n) is 2.47. The highest BCUT2D eigenvalue weighted by Gasteiger charge is 2.26. The predicted octanol–water partition coefficient (Wildman–Crippen LogP) is 2.09. The number of amides is 1. The van der Waals surface area contributed by atoms with E-state index in [4.69, 9.17) is 9.79 Å². The maximum atomic E-state index is 14.0. The van der Waals surface area contributed by atoms with Crippen LogP contribution in [0, 0.1) is 0 Å². The summed E-state index contributed by atoms with van der Waals surface area (Å²) in [5.41, 5.74) is -0.218. The highest BCUT2D eigenvalue weighted by atomic mass is 31.2. The largest absolute Gasteiger partial charge is 0.524 e. The van der Waals surface area contributed by atoms with Crippen molar-refractivity contribution in [2.75, 3.05) is 6.54 Å². The number of hydrogen-bond acceptors (Lipinski definition) is 3. The maximum absolute atomic E-state index is 14.0. The number of phosphoric acid groups is 1. The van der Waals surface area contributed by atoms with E-state index in [1.165, 1.54) is 24.3 Å². The Kier molecular flexibility index (Phi) is 6.13. The van der Waals surface area contributed by atoms with Crippen molar-refractivity contribution in [3.05, 3.63) is 29.8 Å². The van der Waals surface area contributed by atoms with E-state index in [2.05, 4.69) is 9.84 Å². The predicted molar refractivity (Wildman–Crippen MR) is 70.9 cm³/mol. The Morgan fingerprint density at radius 2 is 2.10 bits per heavy atom. The summed E-state index contributed by atoms with van der Waals surface area (Å²) in [5, 5.41) is 2.41. The van der Waals surface area contributed by atoms with Crippen LogP contribution in [0.4, 0.5) is 4.39 Å². The zero-order valence-electron chi connectivity index (χ0n) is 11.0. The first-order valence-corrected chi connectivity index (χ1v) is 7.64. The Morgan fingerprint density at radius 1 is 1.45 bits per heavy atom. The number of para-hydroxylation sites is 1. The van der Waals surface area contributed by atoms with Crippen molar-refractivity contribution in [1.82, 2.24) is 5.32 Å². The van der Waals surface area contributed by atoms with Gasteiger partial charge in [0, 0.05) is 12.1 Å². The second-order valence-electron chi connectivity index (χ2n) is 4.13. The average Bonchev–Trinajstić information content (AvgIpc) is 2.37. The molecule has 1 atom stereocenters. The Hall–Kier alpha value is -1.43. The van der Waals surface area contributed by atoms with Crippen LogP contribution < -0.4 is 9.84 Å². The number of unbranched alkanes of at least 4 members (excludes halogenated alkanes) is 1. The third-order valence-corrected chi connectivity index (χ3v) is 2.90. The Balaban J connectivity index is 2.84. The second-order valence-corrected chi connectivity index (χ2v) is 5.29. The van der Waals surface area contributed by atoms with Gasteiger partial charge < -0.3 is 9.84 Å². The van der Waals surface area contributed by atoms with Crippen molar-refractivity contribution >= 4 is 13.7 Å². The highest BCUT2D eigenvalue weighted by Crippen LogP contribution is 2.41. The van der Waals surface area contributed by atoms with E-state index < -0.39 is 19.9 Å². The average molecular weight is 305 g/mol. The summed E-state index contributed by atoms with van der Waals surface area (Å²) in [6.45, 7) is 2.28. The first-order chi connectivity index (χ1) is 9.35. The molecule has 20 heavy (non-hydrogen) atoms. The molecular formula is C12H17FNO5P. The van der Waals surface area contributed by atoms with Gasteiger partial charge in [-0.2, -0.15) is 0 Å². The SMILES string of the molecule is CCCCNC(=O)C(F)c1ccccc1OP(=O)(O)O.